The standard InChI is InChI=1S/C14H16N2O2S/c1-3-14(9-10-7-5-4-6-8-10)11(17)15-13(19)16(2)12(14)18/h4-8H,3,9H2,1-2H3,(H,15,17,19)/t14-/m1/s1. The zero-order valence-electron chi connectivity index (χ0n) is 11.0. The third kappa shape index (κ3) is 2.26. The molecule has 0 unspecified atom stereocenters. The Morgan fingerprint density at radius 1 is 1.26 bits per heavy atom. The van der Waals surface area contributed by atoms with Gasteiger partial charge in [0, 0.05) is 7.05 Å². The molecule has 1 heterocycles. The summed E-state index contributed by atoms with van der Waals surface area (Å²) in [6.45, 7) is 1.85. The van der Waals surface area contributed by atoms with Gasteiger partial charge in [0.2, 0.25) is 11.8 Å². The quantitative estimate of drug-likeness (QED) is 0.672. The zero-order valence-corrected chi connectivity index (χ0v) is 11.8. The van der Waals surface area contributed by atoms with E-state index in [4.69, 9.17) is 12.2 Å². The second-order valence-electron chi connectivity index (χ2n) is 4.72. The highest BCUT2D eigenvalue weighted by atomic mass is 32.1. The molecule has 0 aliphatic carbocycles. The van der Waals surface area contributed by atoms with E-state index < -0.39 is 5.41 Å². The van der Waals surface area contributed by atoms with Crippen LogP contribution in [0.1, 0.15) is 18.9 Å². The number of carbonyl (C=O) groups is 2. The van der Waals surface area contributed by atoms with E-state index in [2.05, 4.69) is 5.32 Å². The molecule has 0 aromatic heterocycles. The molecule has 0 spiro atoms. The third-order valence-corrected chi connectivity index (χ3v) is 4.00. The van der Waals surface area contributed by atoms with Gasteiger partial charge in [0.25, 0.3) is 0 Å². The van der Waals surface area contributed by atoms with Crippen LogP contribution in [0.3, 0.4) is 0 Å². The zero-order chi connectivity index (χ0) is 14.0. The van der Waals surface area contributed by atoms with Gasteiger partial charge >= 0.3 is 0 Å². The number of rotatable bonds is 3. The molecule has 19 heavy (non-hydrogen) atoms. The van der Waals surface area contributed by atoms with E-state index in [1.807, 2.05) is 37.3 Å². The predicted octanol–water partition coefficient (Wildman–Crippen LogP) is 1.50. The van der Waals surface area contributed by atoms with Crippen LogP contribution in [0.4, 0.5) is 0 Å². The average molecular weight is 276 g/mol. The van der Waals surface area contributed by atoms with Crippen molar-refractivity contribution in [3.63, 3.8) is 0 Å². The van der Waals surface area contributed by atoms with Gasteiger partial charge in [-0.05, 0) is 30.6 Å². The van der Waals surface area contributed by atoms with Crippen molar-refractivity contribution in [1.82, 2.24) is 10.2 Å². The van der Waals surface area contributed by atoms with Gasteiger partial charge in [-0.2, -0.15) is 0 Å². The largest absolute Gasteiger partial charge is 0.302 e. The lowest BCUT2D eigenvalue weighted by atomic mass is 9.76. The normalized spacial score (nSPS) is 23.5. The Hall–Kier alpha value is -1.75. The van der Waals surface area contributed by atoms with Gasteiger partial charge in [-0.3, -0.25) is 14.5 Å². The molecule has 1 N–H and O–H groups in total. The predicted molar refractivity (Wildman–Crippen MR) is 76.4 cm³/mol. The first-order valence-corrected chi connectivity index (χ1v) is 6.59. The number of nitrogens with one attached hydrogen (secondary N) is 1. The van der Waals surface area contributed by atoms with Gasteiger partial charge in [-0.25, -0.2) is 0 Å². The van der Waals surface area contributed by atoms with E-state index in [-0.39, 0.29) is 16.9 Å². The molecule has 2 amide bonds. The summed E-state index contributed by atoms with van der Waals surface area (Å²) < 4.78 is 0. The van der Waals surface area contributed by atoms with Crippen LogP contribution in [0.15, 0.2) is 30.3 Å². The van der Waals surface area contributed by atoms with Crippen molar-refractivity contribution in [2.45, 2.75) is 19.8 Å². The topological polar surface area (TPSA) is 49.4 Å². The minimum absolute atomic E-state index is 0.173. The third-order valence-electron chi connectivity index (χ3n) is 3.63. The van der Waals surface area contributed by atoms with Crippen LogP contribution >= 0.6 is 12.2 Å². The molecular formula is C14H16N2O2S. The molecule has 0 saturated carbocycles. The van der Waals surface area contributed by atoms with E-state index >= 15 is 0 Å². The monoisotopic (exact) mass is 276 g/mol. The summed E-state index contributed by atoms with van der Waals surface area (Å²) >= 11 is 4.97. The molecule has 1 saturated heterocycles. The van der Waals surface area contributed by atoms with E-state index in [1.165, 1.54) is 4.90 Å². The van der Waals surface area contributed by atoms with Gasteiger partial charge < -0.3 is 5.32 Å². The first kappa shape index (κ1) is 13.7. The minimum atomic E-state index is -1.06. The van der Waals surface area contributed by atoms with Crippen molar-refractivity contribution in [3.05, 3.63) is 35.9 Å². The number of thiocarbonyl (C=S) groups is 1. The molecule has 1 aliphatic rings. The van der Waals surface area contributed by atoms with Gasteiger partial charge in [0.05, 0.1) is 0 Å². The maximum Gasteiger partial charge on any atom is 0.244 e. The van der Waals surface area contributed by atoms with Crippen LogP contribution < -0.4 is 5.32 Å². The summed E-state index contributed by atoms with van der Waals surface area (Å²) in [6.07, 6.45) is 0.835. The Kier molecular flexibility index (Phi) is 3.66. The number of nitrogens with zero attached hydrogens (tertiary/aromatic N) is 1. The van der Waals surface area contributed by atoms with Gasteiger partial charge in [0.15, 0.2) is 5.11 Å². The van der Waals surface area contributed by atoms with Gasteiger partial charge in [-0.1, -0.05) is 37.3 Å². The Bertz CT molecular complexity index is 530. The molecule has 0 radical (unpaired) electrons. The van der Waals surface area contributed by atoms with Gasteiger partial charge in [0.1, 0.15) is 5.41 Å². The Labute approximate surface area is 117 Å². The summed E-state index contributed by atoms with van der Waals surface area (Å²) in [7, 11) is 1.60. The molecule has 1 atom stereocenters. The summed E-state index contributed by atoms with van der Waals surface area (Å²) in [4.78, 5) is 26.1. The van der Waals surface area contributed by atoms with E-state index in [1.54, 1.807) is 7.05 Å². The van der Waals surface area contributed by atoms with E-state index in [9.17, 15) is 9.59 Å². The van der Waals surface area contributed by atoms with E-state index in [0.29, 0.717) is 12.8 Å². The maximum absolute atomic E-state index is 12.5. The van der Waals surface area contributed by atoms with Gasteiger partial charge in [-0.15, -0.1) is 0 Å². The summed E-state index contributed by atoms with van der Waals surface area (Å²) in [5.74, 6) is -0.528. The Balaban J connectivity index is 2.38. The van der Waals surface area contributed by atoms with Crippen molar-refractivity contribution < 1.29 is 9.59 Å². The first-order valence-electron chi connectivity index (χ1n) is 6.19. The summed E-state index contributed by atoms with van der Waals surface area (Å²) in [6, 6.07) is 9.55. The van der Waals surface area contributed by atoms with Crippen LogP contribution in [0.5, 0.6) is 0 Å². The van der Waals surface area contributed by atoms with Crippen molar-refractivity contribution >= 4 is 29.1 Å². The number of carbonyl (C=O) groups excluding carboxylic acids is 2. The molecule has 2 rings (SSSR count). The van der Waals surface area contributed by atoms with Crippen LogP contribution in [-0.4, -0.2) is 28.9 Å². The molecule has 5 heteroatoms. The molecule has 100 valence electrons. The molecule has 0 bridgehead atoms. The maximum atomic E-state index is 12.5. The van der Waals surface area contributed by atoms with Crippen molar-refractivity contribution in [3.8, 4) is 0 Å². The number of amides is 2. The Morgan fingerprint density at radius 3 is 2.47 bits per heavy atom. The van der Waals surface area contributed by atoms with Crippen LogP contribution in [0.25, 0.3) is 0 Å². The lowest BCUT2D eigenvalue weighted by molar-refractivity contribution is -0.149. The van der Waals surface area contributed by atoms with Crippen molar-refractivity contribution in [2.24, 2.45) is 5.41 Å². The fraction of sp³-hybridized carbons (Fsp3) is 0.357. The van der Waals surface area contributed by atoms with Crippen LogP contribution in [0, 0.1) is 5.41 Å². The molecule has 1 fully saturated rings. The van der Waals surface area contributed by atoms with Crippen molar-refractivity contribution in [1.29, 1.82) is 0 Å². The molecule has 1 aliphatic heterocycles. The average Bonchev–Trinajstić information content (AvgIpc) is 2.42. The lowest BCUT2D eigenvalue weighted by Gasteiger charge is -2.38. The SMILES string of the molecule is CC[C@@]1(Cc2ccccc2)C(=O)NC(=S)N(C)C1=O. The van der Waals surface area contributed by atoms with Crippen LogP contribution in [-0.2, 0) is 16.0 Å². The number of hydrogen-bond donors (Lipinski definition) is 1. The fourth-order valence-corrected chi connectivity index (χ4v) is 2.52. The van der Waals surface area contributed by atoms with E-state index in [0.717, 1.165) is 5.56 Å². The van der Waals surface area contributed by atoms with Crippen LogP contribution in [0.2, 0.25) is 0 Å². The molecule has 1 aromatic carbocycles. The van der Waals surface area contributed by atoms with Crippen molar-refractivity contribution in [2.75, 3.05) is 7.05 Å². The smallest absolute Gasteiger partial charge is 0.244 e. The second kappa shape index (κ2) is 5.09. The summed E-state index contributed by atoms with van der Waals surface area (Å²) in [5, 5.41) is 2.79. The second-order valence-corrected chi connectivity index (χ2v) is 5.11. The highest BCUT2D eigenvalue weighted by molar-refractivity contribution is 7.80. The highest BCUT2D eigenvalue weighted by Crippen LogP contribution is 2.32. The minimum Gasteiger partial charge on any atom is -0.302 e. The highest BCUT2D eigenvalue weighted by Gasteiger charge is 2.50. The number of benzene rings is 1. The fourth-order valence-electron chi connectivity index (χ4n) is 2.35. The molecular weight excluding hydrogens is 260 g/mol. The number of hydrogen-bond acceptors (Lipinski definition) is 3. The first-order chi connectivity index (χ1) is 9.01. The molecule has 4 nitrogen and oxygen atoms in total. The Morgan fingerprint density at radius 2 is 1.89 bits per heavy atom. The summed E-state index contributed by atoms with van der Waals surface area (Å²) in [5.41, 5.74) is -0.0904. The lowest BCUT2D eigenvalue weighted by Crippen LogP contribution is -2.63. The molecule has 1 aromatic rings.